The molecule has 0 amide bonds. The second-order valence-electron chi connectivity index (χ2n) is 10.2. The molecule has 130 valence electrons. The van der Waals surface area contributed by atoms with Gasteiger partial charge in [0.1, 0.15) is 0 Å². The van der Waals surface area contributed by atoms with Crippen LogP contribution in [0.1, 0.15) is 78.6 Å². The predicted molar refractivity (Wildman–Crippen MR) is 88.9 cm³/mol. The molecule has 1 spiro atoms. The number of aliphatic hydroxyl groups excluding tert-OH is 1. The molecule has 0 radical (unpaired) electrons. The molecule has 0 aromatic heterocycles. The maximum absolute atomic E-state index is 12.1. The van der Waals surface area contributed by atoms with Crippen molar-refractivity contribution in [3.63, 3.8) is 0 Å². The highest BCUT2D eigenvalue weighted by atomic mass is 16.4. The quantitative estimate of drug-likeness (QED) is 0.760. The lowest BCUT2D eigenvalue weighted by molar-refractivity contribution is -0.191. The number of fused-ring (bicyclic) bond motifs is 3. The minimum Gasteiger partial charge on any atom is -0.481 e. The summed E-state index contributed by atoms with van der Waals surface area (Å²) < 4.78 is 0. The summed E-state index contributed by atoms with van der Waals surface area (Å²) >= 11 is 0. The Morgan fingerprint density at radius 2 is 1.74 bits per heavy atom. The third-order valence-electron chi connectivity index (χ3n) is 9.14. The summed E-state index contributed by atoms with van der Waals surface area (Å²) in [5, 5.41) is 20.7. The summed E-state index contributed by atoms with van der Waals surface area (Å²) in [5.41, 5.74) is 0.0235. The molecule has 23 heavy (non-hydrogen) atoms. The maximum Gasteiger partial charge on any atom is 0.309 e. The van der Waals surface area contributed by atoms with Crippen molar-refractivity contribution >= 4 is 5.97 Å². The van der Waals surface area contributed by atoms with Gasteiger partial charge in [0.15, 0.2) is 0 Å². The maximum atomic E-state index is 12.1. The molecule has 4 aliphatic carbocycles. The number of hydrogen-bond acceptors (Lipinski definition) is 2. The van der Waals surface area contributed by atoms with E-state index in [4.69, 9.17) is 0 Å². The Hall–Kier alpha value is -0.570. The Labute approximate surface area is 139 Å². The summed E-state index contributed by atoms with van der Waals surface area (Å²) in [5.74, 6) is 0.185. The third kappa shape index (κ3) is 1.83. The zero-order valence-electron chi connectivity index (χ0n) is 14.9. The molecule has 0 aliphatic heterocycles. The van der Waals surface area contributed by atoms with E-state index in [2.05, 4.69) is 13.8 Å². The van der Waals surface area contributed by atoms with Crippen molar-refractivity contribution in [2.75, 3.05) is 0 Å². The highest BCUT2D eigenvalue weighted by Crippen LogP contribution is 2.73. The van der Waals surface area contributed by atoms with E-state index >= 15 is 0 Å². The van der Waals surface area contributed by atoms with Gasteiger partial charge in [-0.05, 0) is 86.4 Å². The third-order valence-corrected chi connectivity index (χ3v) is 9.14. The van der Waals surface area contributed by atoms with Crippen molar-refractivity contribution in [2.45, 2.75) is 84.7 Å². The lowest BCUT2D eigenvalue weighted by atomic mass is 9.40. The number of rotatable bonds is 1. The van der Waals surface area contributed by atoms with Gasteiger partial charge in [-0.25, -0.2) is 0 Å². The van der Waals surface area contributed by atoms with E-state index in [1.807, 2.05) is 6.92 Å². The van der Waals surface area contributed by atoms with Crippen molar-refractivity contribution in [1.82, 2.24) is 0 Å². The normalized spacial score (nSPS) is 58.3. The lowest BCUT2D eigenvalue weighted by Gasteiger charge is -2.64. The van der Waals surface area contributed by atoms with Crippen LogP contribution in [0.3, 0.4) is 0 Å². The highest BCUT2D eigenvalue weighted by Gasteiger charge is 2.67. The molecule has 0 heterocycles. The molecule has 2 N–H and O–H groups in total. The number of aliphatic hydroxyl groups is 1. The molecule has 4 fully saturated rings. The number of carboxylic acid groups (broad SMARTS) is 1. The van der Waals surface area contributed by atoms with E-state index in [0.29, 0.717) is 11.3 Å². The first-order valence-corrected chi connectivity index (χ1v) is 9.58. The van der Waals surface area contributed by atoms with Gasteiger partial charge in [0, 0.05) is 0 Å². The summed E-state index contributed by atoms with van der Waals surface area (Å²) in [4.78, 5) is 12.1. The monoisotopic (exact) mass is 320 g/mol. The van der Waals surface area contributed by atoms with Crippen LogP contribution in [-0.4, -0.2) is 22.3 Å². The Morgan fingerprint density at radius 3 is 2.43 bits per heavy atom. The van der Waals surface area contributed by atoms with Crippen molar-refractivity contribution in [2.24, 2.45) is 33.5 Å². The van der Waals surface area contributed by atoms with Crippen LogP contribution in [0.25, 0.3) is 0 Å². The fourth-order valence-corrected chi connectivity index (χ4v) is 7.88. The standard InChI is InChI=1S/C20H32O3/c1-17-9-10-20(12-17)8-5-13-18(2,14(20)11-15(17)21)6-4-7-19(13,3)16(22)23/h13-15,21H,4-12H2,1-3H3,(H,22,23)/t13-,14-,15-,17+,18+,19+,20+/m0/s1. The second-order valence-corrected chi connectivity index (χ2v) is 10.2. The molecule has 0 aromatic rings. The van der Waals surface area contributed by atoms with E-state index in [9.17, 15) is 15.0 Å². The summed E-state index contributed by atoms with van der Waals surface area (Å²) in [6.45, 7) is 6.64. The van der Waals surface area contributed by atoms with Gasteiger partial charge in [-0.2, -0.15) is 0 Å². The lowest BCUT2D eigenvalue weighted by Crippen LogP contribution is -2.60. The summed E-state index contributed by atoms with van der Waals surface area (Å²) in [6.07, 6.45) is 9.52. The smallest absolute Gasteiger partial charge is 0.309 e. The molecular weight excluding hydrogens is 288 g/mol. The molecular formula is C20H32O3. The van der Waals surface area contributed by atoms with Gasteiger partial charge >= 0.3 is 5.97 Å². The molecule has 3 heteroatoms. The molecule has 2 bridgehead atoms. The van der Waals surface area contributed by atoms with E-state index in [-0.39, 0.29) is 22.9 Å². The first kappa shape index (κ1) is 15.9. The van der Waals surface area contributed by atoms with Crippen LogP contribution >= 0.6 is 0 Å². The molecule has 0 aromatic carbocycles. The average molecular weight is 320 g/mol. The van der Waals surface area contributed by atoms with Crippen LogP contribution in [0, 0.1) is 33.5 Å². The molecule has 4 saturated carbocycles. The van der Waals surface area contributed by atoms with Gasteiger partial charge in [-0.1, -0.05) is 20.3 Å². The summed E-state index contributed by atoms with van der Waals surface area (Å²) in [6, 6.07) is 0. The zero-order valence-corrected chi connectivity index (χ0v) is 14.9. The molecule has 7 atom stereocenters. The largest absolute Gasteiger partial charge is 0.481 e. The zero-order chi connectivity index (χ0) is 16.7. The molecule has 3 nitrogen and oxygen atoms in total. The second kappa shape index (κ2) is 4.53. The predicted octanol–water partition coefficient (Wildman–Crippen LogP) is 4.23. The van der Waals surface area contributed by atoms with Crippen LogP contribution < -0.4 is 0 Å². The van der Waals surface area contributed by atoms with Gasteiger partial charge in [-0.3, -0.25) is 4.79 Å². The van der Waals surface area contributed by atoms with Crippen LogP contribution in [0.2, 0.25) is 0 Å². The molecule has 4 aliphatic rings. The Bertz CT molecular complexity index is 545. The van der Waals surface area contributed by atoms with Gasteiger partial charge in [0.05, 0.1) is 11.5 Å². The van der Waals surface area contributed by atoms with E-state index in [0.717, 1.165) is 44.9 Å². The van der Waals surface area contributed by atoms with Crippen LogP contribution in [0.15, 0.2) is 0 Å². The minimum absolute atomic E-state index is 0.0935. The van der Waals surface area contributed by atoms with E-state index in [1.165, 1.54) is 12.8 Å². The number of carboxylic acids is 1. The van der Waals surface area contributed by atoms with Crippen molar-refractivity contribution < 1.29 is 15.0 Å². The Balaban J connectivity index is 1.76. The first-order valence-electron chi connectivity index (χ1n) is 9.58. The van der Waals surface area contributed by atoms with Gasteiger partial charge in [0.25, 0.3) is 0 Å². The van der Waals surface area contributed by atoms with E-state index in [1.54, 1.807) is 0 Å². The van der Waals surface area contributed by atoms with Crippen molar-refractivity contribution in [3.8, 4) is 0 Å². The van der Waals surface area contributed by atoms with E-state index < -0.39 is 11.4 Å². The first-order chi connectivity index (χ1) is 10.7. The van der Waals surface area contributed by atoms with Crippen LogP contribution in [0.4, 0.5) is 0 Å². The Morgan fingerprint density at radius 1 is 1.00 bits per heavy atom. The number of carbonyl (C=O) groups is 1. The molecule has 0 unspecified atom stereocenters. The minimum atomic E-state index is -0.600. The SMILES string of the molecule is C[C@]12CC[C@]3(CC[C@H]4[C@@](C)(CCC[C@@]4(C)C(=O)O)[C@@H]3C[C@@H]1O)C2. The molecule has 4 rings (SSSR count). The topological polar surface area (TPSA) is 57.5 Å². The van der Waals surface area contributed by atoms with Gasteiger partial charge in [0.2, 0.25) is 0 Å². The van der Waals surface area contributed by atoms with Crippen LogP contribution in [0.5, 0.6) is 0 Å². The number of hydrogen-bond donors (Lipinski definition) is 2. The van der Waals surface area contributed by atoms with Gasteiger partial charge < -0.3 is 10.2 Å². The summed E-state index contributed by atoms with van der Waals surface area (Å²) in [7, 11) is 0. The molecule has 0 saturated heterocycles. The Kier molecular flexibility index (Phi) is 3.14. The van der Waals surface area contributed by atoms with Gasteiger partial charge in [-0.15, -0.1) is 0 Å². The number of aliphatic carboxylic acids is 1. The average Bonchev–Trinajstić information content (AvgIpc) is 2.76. The fraction of sp³-hybridized carbons (Fsp3) is 0.950. The highest BCUT2D eigenvalue weighted by molar-refractivity contribution is 5.75. The van der Waals surface area contributed by atoms with Crippen molar-refractivity contribution in [1.29, 1.82) is 0 Å². The van der Waals surface area contributed by atoms with Crippen LogP contribution in [-0.2, 0) is 4.79 Å². The fourth-order valence-electron chi connectivity index (χ4n) is 7.88. The van der Waals surface area contributed by atoms with Crippen molar-refractivity contribution in [3.05, 3.63) is 0 Å².